The molecule has 198 valence electrons. The third-order valence-corrected chi connectivity index (χ3v) is 6.90. The molecule has 1 unspecified atom stereocenters. The van der Waals surface area contributed by atoms with Crippen LogP contribution in [0.4, 0.5) is 18.9 Å². The number of benzene rings is 2. The van der Waals surface area contributed by atoms with E-state index in [0.717, 1.165) is 49.9 Å². The molecule has 1 atom stereocenters. The van der Waals surface area contributed by atoms with Crippen molar-refractivity contribution in [2.24, 2.45) is 5.92 Å². The van der Waals surface area contributed by atoms with Crippen LogP contribution in [0.2, 0.25) is 0 Å². The standard InChI is InChI=1S/C27H31F3N4O3/c28-27(29,30)22-6-4-5-21(16-22)26(37)31-17-24(35)15-20-9-10-32(18-20)19-25(36)34-13-11-33(12-14-34)23-7-2-1-3-8-23/h1-8,16,20H,9-15,17-19H2,(H,31,37). The van der Waals surface area contributed by atoms with Crippen LogP contribution < -0.4 is 10.2 Å². The molecule has 2 aromatic rings. The Morgan fingerprint density at radius 1 is 0.919 bits per heavy atom. The molecular weight excluding hydrogens is 485 g/mol. The average Bonchev–Trinajstić information content (AvgIpc) is 3.33. The highest BCUT2D eigenvalue weighted by atomic mass is 19.4. The molecule has 2 aliphatic rings. The summed E-state index contributed by atoms with van der Waals surface area (Å²) in [7, 11) is 0. The molecule has 0 saturated carbocycles. The van der Waals surface area contributed by atoms with E-state index in [2.05, 4.69) is 27.2 Å². The minimum atomic E-state index is -4.54. The van der Waals surface area contributed by atoms with Crippen molar-refractivity contribution in [1.29, 1.82) is 0 Å². The van der Waals surface area contributed by atoms with Gasteiger partial charge >= 0.3 is 6.18 Å². The van der Waals surface area contributed by atoms with Crippen molar-refractivity contribution in [2.75, 3.05) is 57.3 Å². The van der Waals surface area contributed by atoms with Gasteiger partial charge in [0, 0.05) is 50.4 Å². The van der Waals surface area contributed by atoms with Gasteiger partial charge in [-0.05, 0) is 49.2 Å². The lowest BCUT2D eigenvalue weighted by Crippen LogP contribution is -2.51. The fraction of sp³-hybridized carbons (Fsp3) is 0.444. The fourth-order valence-electron chi connectivity index (χ4n) is 4.88. The summed E-state index contributed by atoms with van der Waals surface area (Å²) in [6.07, 6.45) is -3.51. The Kier molecular flexibility index (Phi) is 8.48. The summed E-state index contributed by atoms with van der Waals surface area (Å²) in [4.78, 5) is 43.6. The van der Waals surface area contributed by atoms with Crippen molar-refractivity contribution in [3.05, 3.63) is 65.7 Å². The van der Waals surface area contributed by atoms with Gasteiger partial charge in [0.15, 0.2) is 5.78 Å². The summed E-state index contributed by atoms with van der Waals surface area (Å²) in [5.74, 6) is -0.727. The number of nitrogens with zero attached hydrogens (tertiary/aromatic N) is 3. The van der Waals surface area contributed by atoms with Gasteiger partial charge in [-0.15, -0.1) is 0 Å². The number of hydrogen-bond donors (Lipinski definition) is 1. The predicted octanol–water partition coefficient (Wildman–Crippen LogP) is 3.07. The number of piperazine rings is 1. The highest BCUT2D eigenvalue weighted by Gasteiger charge is 2.31. The Morgan fingerprint density at radius 2 is 1.65 bits per heavy atom. The van der Waals surface area contributed by atoms with Gasteiger partial charge in [-0.2, -0.15) is 13.2 Å². The first-order valence-corrected chi connectivity index (χ1v) is 12.5. The number of hydrogen-bond acceptors (Lipinski definition) is 5. The molecule has 2 saturated heterocycles. The molecule has 7 nitrogen and oxygen atoms in total. The number of para-hydroxylation sites is 1. The van der Waals surface area contributed by atoms with Crippen LogP contribution >= 0.6 is 0 Å². The van der Waals surface area contributed by atoms with Gasteiger partial charge < -0.3 is 15.1 Å². The molecule has 37 heavy (non-hydrogen) atoms. The number of anilines is 1. The molecule has 2 aliphatic heterocycles. The Morgan fingerprint density at radius 3 is 2.35 bits per heavy atom. The second-order valence-electron chi connectivity index (χ2n) is 9.60. The highest BCUT2D eigenvalue weighted by molar-refractivity contribution is 5.96. The van der Waals surface area contributed by atoms with Gasteiger partial charge in [0.2, 0.25) is 5.91 Å². The summed E-state index contributed by atoms with van der Waals surface area (Å²) in [5, 5.41) is 2.42. The monoisotopic (exact) mass is 516 g/mol. The molecule has 4 rings (SSSR count). The van der Waals surface area contributed by atoms with Crippen molar-refractivity contribution in [3.8, 4) is 0 Å². The smallest absolute Gasteiger partial charge is 0.368 e. The van der Waals surface area contributed by atoms with E-state index in [1.807, 2.05) is 23.1 Å². The fourth-order valence-corrected chi connectivity index (χ4v) is 4.88. The van der Waals surface area contributed by atoms with Crippen molar-refractivity contribution < 1.29 is 27.6 Å². The van der Waals surface area contributed by atoms with Crippen LogP contribution in [0.25, 0.3) is 0 Å². The van der Waals surface area contributed by atoms with Crippen LogP contribution in [0.3, 0.4) is 0 Å². The number of alkyl halides is 3. The molecule has 2 fully saturated rings. The minimum absolute atomic E-state index is 0.0840. The van der Waals surface area contributed by atoms with Crippen LogP contribution in [0.5, 0.6) is 0 Å². The maximum absolute atomic E-state index is 12.9. The van der Waals surface area contributed by atoms with E-state index in [9.17, 15) is 27.6 Å². The lowest BCUT2D eigenvalue weighted by molar-refractivity contribution is -0.137. The Bertz CT molecular complexity index is 1100. The summed E-state index contributed by atoms with van der Waals surface area (Å²) in [6.45, 7) is 4.37. The van der Waals surface area contributed by atoms with Crippen LogP contribution in [-0.2, 0) is 15.8 Å². The Labute approximate surface area is 214 Å². The topological polar surface area (TPSA) is 73.0 Å². The van der Waals surface area contributed by atoms with E-state index in [1.54, 1.807) is 0 Å². The Hall–Kier alpha value is -3.40. The van der Waals surface area contributed by atoms with Crippen molar-refractivity contribution in [2.45, 2.75) is 19.0 Å². The first kappa shape index (κ1) is 26.7. The third kappa shape index (κ3) is 7.31. The zero-order valence-corrected chi connectivity index (χ0v) is 20.5. The number of carbonyl (C=O) groups excluding carboxylic acids is 3. The van der Waals surface area contributed by atoms with E-state index in [0.29, 0.717) is 26.2 Å². The van der Waals surface area contributed by atoms with E-state index < -0.39 is 17.6 Å². The quantitative estimate of drug-likeness (QED) is 0.584. The predicted molar refractivity (Wildman–Crippen MR) is 133 cm³/mol. The number of amides is 2. The Balaban J connectivity index is 1.16. The summed E-state index contributed by atoms with van der Waals surface area (Å²) >= 11 is 0. The first-order chi connectivity index (χ1) is 17.7. The molecule has 10 heteroatoms. The van der Waals surface area contributed by atoms with Gasteiger partial charge in [0.25, 0.3) is 5.91 Å². The molecule has 2 heterocycles. The molecular formula is C27H31F3N4O3. The summed E-state index contributed by atoms with van der Waals surface area (Å²) in [6, 6.07) is 14.2. The van der Waals surface area contributed by atoms with Crippen molar-refractivity contribution in [3.63, 3.8) is 0 Å². The SMILES string of the molecule is O=C(CNC(=O)c1cccc(C(F)(F)F)c1)CC1CCN(CC(=O)N2CCN(c3ccccc3)CC2)C1. The van der Waals surface area contributed by atoms with Crippen LogP contribution in [-0.4, -0.2) is 79.8 Å². The zero-order chi connectivity index (χ0) is 26.4. The molecule has 1 N–H and O–H groups in total. The van der Waals surface area contributed by atoms with Crippen LogP contribution in [0.15, 0.2) is 54.6 Å². The molecule has 0 aliphatic carbocycles. The third-order valence-electron chi connectivity index (χ3n) is 6.90. The van der Waals surface area contributed by atoms with Crippen molar-refractivity contribution in [1.82, 2.24) is 15.1 Å². The number of ketones is 1. The zero-order valence-electron chi connectivity index (χ0n) is 20.5. The van der Waals surface area contributed by atoms with E-state index in [1.165, 1.54) is 6.07 Å². The van der Waals surface area contributed by atoms with Crippen molar-refractivity contribution >= 4 is 23.3 Å². The highest BCUT2D eigenvalue weighted by Crippen LogP contribution is 2.29. The molecule has 0 radical (unpaired) electrons. The van der Waals surface area contributed by atoms with Gasteiger partial charge in [0.05, 0.1) is 18.7 Å². The minimum Gasteiger partial charge on any atom is -0.368 e. The van der Waals surface area contributed by atoms with Gasteiger partial charge in [-0.25, -0.2) is 0 Å². The molecule has 0 bridgehead atoms. The lowest BCUT2D eigenvalue weighted by Gasteiger charge is -2.36. The van der Waals surface area contributed by atoms with E-state index in [4.69, 9.17) is 0 Å². The molecule has 2 aromatic carbocycles. The average molecular weight is 517 g/mol. The number of nitrogens with one attached hydrogen (secondary N) is 1. The maximum atomic E-state index is 12.9. The summed E-state index contributed by atoms with van der Waals surface area (Å²) in [5.41, 5.74) is 0.107. The number of likely N-dealkylation sites (tertiary alicyclic amines) is 1. The number of rotatable bonds is 8. The van der Waals surface area contributed by atoms with Gasteiger partial charge in [-0.1, -0.05) is 24.3 Å². The maximum Gasteiger partial charge on any atom is 0.416 e. The van der Waals surface area contributed by atoms with Crippen LogP contribution in [0.1, 0.15) is 28.8 Å². The van der Waals surface area contributed by atoms with E-state index >= 15 is 0 Å². The van der Waals surface area contributed by atoms with E-state index in [-0.39, 0.29) is 36.1 Å². The van der Waals surface area contributed by atoms with Crippen LogP contribution in [0, 0.1) is 5.92 Å². The largest absolute Gasteiger partial charge is 0.416 e. The number of Topliss-reactive ketones (excluding diaryl/α,β-unsaturated/α-hetero) is 1. The molecule has 0 spiro atoms. The second-order valence-corrected chi connectivity index (χ2v) is 9.60. The first-order valence-electron chi connectivity index (χ1n) is 12.5. The number of halogens is 3. The second kappa shape index (κ2) is 11.8. The summed E-state index contributed by atoms with van der Waals surface area (Å²) < 4.78 is 38.6. The normalized spacial score (nSPS) is 18.6. The van der Waals surface area contributed by atoms with Gasteiger partial charge in [-0.3, -0.25) is 19.3 Å². The number of carbonyl (C=O) groups is 3. The lowest BCUT2D eigenvalue weighted by atomic mass is 10.0. The molecule has 0 aromatic heterocycles. The van der Waals surface area contributed by atoms with Gasteiger partial charge in [0.1, 0.15) is 0 Å². The molecule has 2 amide bonds.